The van der Waals surface area contributed by atoms with E-state index in [4.69, 9.17) is 4.74 Å². The van der Waals surface area contributed by atoms with Crippen LogP contribution in [0.1, 0.15) is 6.92 Å². The third kappa shape index (κ3) is 2.13. The molecule has 0 N–H and O–H groups in total. The normalized spacial score (nSPS) is 9.93. The van der Waals surface area contributed by atoms with Crippen molar-refractivity contribution in [1.82, 2.24) is 10.2 Å². The third-order valence-corrected chi connectivity index (χ3v) is 2.08. The van der Waals surface area contributed by atoms with Crippen LogP contribution >= 0.6 is 0 Å². The molecule has 0 saturated heterocycles. The molecule has 0 spiro atoms. The average Bonchev–Trinajstić information content (AvgIpc) is 2.31. The summed E-state index contributed by atoms with van der Waals surface area (Å²) in [4.78, 5) is 0. The zero-order valence-electron chi connectivity index (χ0n) is 8.55. The highest BCUT2D eigenvalue weighted by molar-refractivity contribution is 5.69. The molecule has 0 aliphatic carbocycles. The van der Waals surface area contributed by atoms with Gasteiger partial charge in [-0.2, -0.15) is 10.2 Å². The molecule has 2 rings (SSSR count). The number of hydrogen-bond acceptors (Lipinski definition) is 3. The highest BCUT2D eigenvalue weighted by atomic mass is 16.5. The number of nitrogens with zero attached hydrogens (tertiary/aromatic N) is 2. The number of ether oxygens (including phenoxy) is 1. The summed E-state index contributed by atoms with van der Waals surface area (Å²) in [5, 5.41) is 7.61. The Morgan fingerprint density at radius 2 is 2.00 bits per heavy atom. The number of hydrogen-bond donors (Lipinski definition) is 0. The van der Waals surface area contributed by atoms with Crippen LogP contribution in [0.3, 0.4) is 0 Å². The van der Waals surface area contributed by atoms with Gasteiger partial charge < -0.3 is 4.74 Å². The topological polar surface area (TPSA) is 35.0 Å². The molecule has 0 radical (unpaired) electrons. The Kier molecular flexibility index (Phi) is 2.93. The maximum Gasteiger partial charge on any atom is 0.127 e. The molecule has 0 bridgehead atoms. The molecular weight excluding hydrogens is 188 g/mol. The fourth-order valence-corrected chi connectivity index (χ4v) is 1.44. The Bertz CT molecular complexity index is 429. The van der Waals surface area contributed by atoms with Gasteiger partial charge in [-0.25, -0.2) is 0 Å². The molecule has 15 heavy (non-hydrogen) atoms. The molecule has 3 nitrogen and oxygen atoms in total. The molecule has 0 unspecified atom stereocenters. The zero-order chi connectivity index (χ0) is 10.5. The second-order valence-corrected chi connectivity index (χ2v) is 3.06. The minimum Gasteiger partial charge on any atom is -0.493 e. The van der Waals surface area contributed by atoms with E-state index in [0.29, 0.717) is 6.61 Å². The van der Waals surface area contributed by atoms with Gasteiger partial charge in [-0.15, -0.1) is 0 Å². The van der Waals surface area contributed by atoms with Crippen molar-refractivity contribution >= 4 is 0 Å². The maximum atomic E-state index is 5.54. The van der Waals surface area contributed by atoms with Crippen LogP contribution in [0.5, 0.6) is 5.75 Å². The number of benzene rings is 1. The Hall–Kier alpha value is -1.90. The highest BCUT2D eigenvalue weighted by Crippen LogP contribution is 2.28. The molecule has 0 atom stereocenters. The Morgan fingerprint density at radius 3 is 2.73 bits per heavy atom. The molecule has 3 heteroatoms. The van der Waals surface area contributed by atoms with E-state index in [2.05, 4.69) is 10.2 Å². The lowest BCUT2D eigenvalue weighted by atomic mass is 10.1. The molecular formula is C12H12N2O. The van der Waals surface area contributed by atoms with Crippen molar-refractivity contribution < 1.29 is 4.74 Å². The van der Waals surface area contributed by atoms with Crippen molar-refractivity contribution in [1.29, 1.82) is 0 Å². The first-order valence-corrected chi connectivity index (χ1v) is 4.90. The van der Waals surface area contributed by atoms with Crippen molar-refractivity contribution in [3.8, 4) is 16.9 Å². The SMILES string of the molecule is CCOc1ccccc1-c1ccnnc1. The van der Waals surface area contributed by atoms with Crippen molar-refractivity contribution in [2.75, 3.05) is 6.61 Å². The molecule has 76 valence electrons. The zero-order valence-corrected chi connectivity index (χ0v) is 8.55. The minimum atomic E-state index is 0.662. The van der Waals surface area contributed by atoms with Crippen LogP contribution in [-0.4, -0.2) is 16.8 Å². The summed E-state index contributed by atoms with van der Waals surface area (Å²) in [7, 11) is 0. The van der Waals surface area contributed by atoms with E-state index in [1.807, 2.05) is 37.3 Å². The van der Waals surface area contributed by atoms with Crippen molar-refractivity contribution in [3.05, 3.63) is 42.7 Å². The second kappa shape index (κ2) is 4.55. The van der Waals surface area contributed by atoms with Gasteiger partial charge in [-0.05, 0) is 19.1 Å². The molecule has 1 aromatic heterocycles. The smallest absolute Gasteiger partial charge is 0.127 e. The van der Waals surface area contributed by atoms with Crippen LogP contribution in [-0.2, 0) is 0 Å². The summed E-state index contributed by atoms with van der Waals surface area (Å²) in [5.74, 6) is 0.882. The first-order chi connectivity index (χ1) is 7.42. The Morgan fingerprint density at radius 1 is 1.13 bits per heavy atom. The van der Waals surface area contributed by atoms with Gasteiger partial charge in [-0.3, -0.25) is 0 Å². The first kappa shape index (κ1) is 9.65. The molecule has 0 aliphatic rings. The van der Waals surface area contributed by atoms with E-state index < -0.39 is 0 Å². The van der Waals surface area contributed by atoms with E-state index in [0.717, 1.165) is 16.9 Å². The summed E-state index contributed by atoms with van der Waals surface area (Å²) < 4.78 is 5.54. The fraction of sp³-hybridized carbons (Fsp3) is 0.167. The molecule has 0 fully saturated rings. The number of aromatic nitrogens is 2. The lowest BCUT2D eigenvalue weighted by Gasteiger charge is -2.08. The third-order valence-electron chi connectivity index (χ3n) is 2.08. The summed E-state index contributed by atoms with van der Waals surface area (Å²) in [5.41, 5.74) is 2.07. The largest absolute Gasteiger partial charge is 0.493 e. The number of para-hydroxylation sites is 1. The molecule has 2 aromatic rings. The van der Waals surface area contributed by atoms with Crippen LogP contribution in [0.2, 0.25) is 0 Å². The van der Waals surface area contributed by atoms with Gasteiger partial charge in [0.1, 0.15) is 5.75 Å². The monoisotopic (exact) mass is 200 g/mol. The van der Waals surface area contributed by atoms with E-state index in [1.54, 1.807) is 12.4 Å². The minimum absolute atomic E-state index is 0.662. The first-order valence-electron chi connectivity index (χ1n) is 4.90. The van der Waals surface area contributed by atoms with Crippen LogP contribution < -0.4 is 4.74 Å². The average molecular weight is 200 g/mol. The standard InChI is InChI=1S/C12H12N2O/c1-2-15-12-6-4-3-5-11(12)10-7-8-13-14-9-10/h3-9H,2H2,1H3. The lowest BCUT2D eigenvalue weighted by Crippen LogP contribution is -1.94. The Balaban J connectivity index is 2.43. The van der Waals surface area contributed by atoms with Gasteiger partial charge in [0.2, 0.25) is 0 Å². The predicted octanol–water partition coefficient (Wildman–Crippen LogP) is 2.54. The second-order valence-electron chi connectivity index (χ2n) is 3.06. The lowest BCUT2D eigenvalue weighted by molar-refractivity contribution is 0.341. The van der Waals surface area contributed by atoms with Gasteiger partial charge in [-0.1, -0.05) is 18.2 Å². The molecule has 0 saturated carbocycles. The van der Waals surface area contributed by atoms with Gasteiger partial charge >= 0.3 is 0 Å². The molecule has 1 aromatic carbocycles. The number of rotatable bonds is 3. The summed E-state index contributed by atoms with van der Waals surface area (Å²) in [6, 6.07) is 9.84. The van der Waals surface area contributed by atoms with Crippen molar-refractivity contribution in [2.24, 2.45) is 0 Å². The van der Waals surface area contributed by atoms with E-state index in [-0.39, 0.29) is 0 Å². The summed E-state index contributed by atoms with van der Waals surface area (Å²) in [6.45, 7) is 2.64. The quantitative estimate of drug-likeness (QED) is 0.763. The van der Waals surface area contributed by atoms with Crippen LogP contribution in [0.15, 0.2) is 42.7 Å². The van der Waals surface area contributed by atoms with Crippen LogP contribution in [0, 0.1) is 0 Å². The predicted molar refractivity (Wildman–Crippen MR) is 58.6 cm³/mol. The van der Waals surface area contributed by atoms with E-state index >= 15 is 0 Å². The molecule has 0 amide bonds. The van der Waals surface area contributed by atoms with Crippen LogP contribution in [0.25, 0.3) is 11.1 Å². The van der Waals surface area contributed by atoms with Crippen molar-refractivity contribution in [2.45, 2.75) is 6.92 Å². The summed E-state index contributed by atoms with van der Waals surface area (Å²) >= 11 is 0. The van der Waals surface area contributed by atoms with Gasteiger partial charge in [0.15, 0.2) is 0 Å². The molecule has 0 aliphatic heterocycles. The highest BCUT2D eigenvalue weighted by Gasteiger charge is 2.04. The Labute approximate surface area is 88.7 Å². The van der Waals surface area contributed by atoms with Gasteiger partial charge in [0.05, 0.1) is 19.0 Å². The molecule has 1 heterocycles. The van der Waals surface area contributed by atoms with E-state index in [1.165, 1.54) is 0 Å². The fourth-order valence-electron chi connectivity index (χ4n) is 1.44. The van der Waals surface area contributed by atoms with Crippen molar-refractivity contribution in [3.63, 3.8) is 0 Å². The van der Waals surface area contributed by atoms with Crippen LogP contribution in [0.4, 0.5) is 0 Å². The maximum absolute atomic E-state index is 5.54. The summed E-state index contributed by atoms with van der Waals surface area (Å²) in [6.07, 6.45) is 3.41. The van der Waals surface area contributed by atoms with Gasteiger partial charge in [0.25, 0.3) is 0 Å². The van der Waals surface area contributed by atoms with E-state index in [9.17, 15) is 0 Å². The van der Waals surface area contributed by atoms with Gasteiger partial charge in [0, 0.05) is 11.1 Å².